The van der Waals surface area contributed by atoms with Crippen molar-refractivity contribution >= 4 is 11.8 Å². The fourth-order valence-electron chi connectivity index (χ4n) is 2.88. The molecule has 3 aromatic rings. The maximum Gasteiger partial charge on any atom is 0.307 e. The first-order valence-corrected chi connectivity index (χ1v) is 9.14. The van der Waals surface area contributed by atoms with Gasteiger partial charge >= 0.3 is 5.97 Å². The number of ketones is 1. The quantitative estimate of drug-likeness (QED) is 0.420. The first-order chi connectivity index (χ1) is 13.7. The van der Waals surface area contributed by atoms with Crippen LogP contribution in [0.5, 0.6) is 5.75 Å². The molecular weight excluding hydrogens is 352 g/mol. The molecule has 4 heteroatoms. The van der Waals surface area contributed by atoms with Crippen LogP contribution in [0.1, 0.15) is 34.0 Å². The Morgan fingerprint density at radius 1 is 0.821 bits per heavy atom. The van der Waals surface area contributed by atoms with Gasteiger partial charge in [-0.3, -0.25) is 9.59 Å². The van der Waals surface area contributed by atoms with E-state index in [-0.39, 0.29) is 12.2 Å². The largest absolute Gasteiger partial charge is 0.497 e. The van der Waals surface area contributed by atoms with Crippen molar-refractivity contribution < 1.29 is 19.1 Å². The summed E-state index contributed by atoms with van der Waals surface area (Å²) in [5.74, 6) is 0.127. The summed E-state index contributed by atoms with van der Waals surface area (Å²) < 4.78 is 10.7. The van der Waals surface area contributed by atoms with Gasteiger partial charge in [0.25, 0.3) is 0 Å². The number of esters is 1. The van der Waals surface area contributed by atoms with E-state index in [1.807, 2.05) is 48.5 Å². The Hall–Kier alpha value is -3.40. The SMILES string of the molecule is COc1ccc(CCC(=O)O[C@H](C(=O)c2ccccc2)c2ccccc2)cc1. The Morgan fingerprint density at radius 3 is 2.04 bits per heavy atom. The number of rotatable bonds is 8. The van der Waals surface area contributed by atoms with Gasteiger partial charge < -0.3 is 9.47 Å². The van der Waals surface area contributed by atoms with Crippen LogP contribution in [0.15, 0.2) is 84.9 Å². The minimum Gasteiger partial charge on any atom is -0.497 e. The highest BCUT2D eigenvalue weighted by Crippen LogP contribution is 2.23. The third-order valence-electron chi connectivity index (χ3n) is 4.42. The Balaban J connectivity index is 1.70. The van der Waals surface area contributed by atoms with Crippen molar-refractivity contribution in [2.75, 3.05) is 7.11 Å². The zero-order valence-corrected chi connectivity index (χ0v) is 15.7. The fourth-order valence-corrected chi connectivity index (χ4v) is 2.88. The molecule has 0 radical (unpaired) electrons. The summed E-state index contributed by atoms with van der Waals surface area (Å²) in [6.07, 6.45) is -0.228. The molecule has 0 aliphatic rings. The number of aryl methyl sites for hydroxylation is 1. The van der Waals surface area contributed by atoms with Crippen LogP contribution in [0.2, 0.25) is 0 Å². The van der Waals surface area contributed by atoms with Gasteiger partial charge in [0.05, 0.1) is 7.11 Å². The van der Waals surface area contributed by atoms with E-state index < -0.39 is 12.1 Å². The van der Waals surface area contributed by atoms with Gasteiger partial charge in [0, 0.05) is 17.5 Å². The number of carbonyl (C=O) groups excluding carboxylic acids is 2. The van der Waals surface area contributed by atoms with E-state index in [1.165, 1.54) is 0 Å². The molecule has 4 nitrogen and oxygen atoms in total. The number of hydrogen-bond acceptors (Lipinski definition) is 4. The number of methoxy groups -OCH3 is 1. The van der Waals surface area contributed by atoms with Crippen molar-refractivity contribution in [3.8, 4) is 5.75 Å². The van der Waals surface area contributed by atoms with Gasteiger partial charge in [-0.1, -0.05) is 72.8 Å². The minimum atomic E-state index is -0.952. The Bertz CT molecular complexity index is 902. The van der Waals surface area contributed by atoms with Gasteiger partial charge in [0.15, 0.2) is 6.10 Å². The number of benzene rings is 3. The van der Waals surface area contributed by atoms with Gasteiger partial charge in [0.2, 0.25) is 5.78 Å². The highest BCUT2D eigenvalue weighted by atomic mass is 16.5. The third kappa shape index (κ3) is 5.07. The molecule has 0 saturated heterocycles. The lowest BCUT2D eigenvalue weighted by Crippen LogP contribution is -2.20. The van der Waals surface area contributed by atoms with Crippen LogP contribution in [-0.4, -0.2) is 18.9 Å². The van der Waals surface area contributed by atoms with E-state index in [4.69, 9.17) is 9.47 Å². The lowest BCUT2D eigenvalue weighted by atomic mass is 10.00. The Labute approximate surface area is 164 Å². The highest BCUT2D eigenvalue weighted by Gasteiger charge is 2.25. The van der Waals surface area contributed by atoms with Gasteiger partial charge in [-0.05, 0) is 24.1 Å². The molecular formula is C24H22O4. The van der Waals surface area contributed by atoms with Gasteiger partial charge in [0.1, 0.15) is 5.75 Å². The summed E-state index contributed by atoms with van der Waals surface area (Å²) >= 11 is 0. The van der Waals surface area contributed by atoms with Gasteiger partial charge in [-0.25, -0.2) is 0 Å². The lowest BCUT2D eigenvalue weighted by Gasteiger charge is -2.17. The molecule has 0 unspecified atom stereocenters. The van der Waals surface area contributed by atoms with E-state index in [9.17, 15) is 9.59 Å². The van der Waals surface area contributed by atoms with Crippen molar-refractivity contribution in [3.63, 3.8) is 0 Å². The maximum absolute atomic E-state index is 12.9. The summed E-state index contributed by atoms with van der Waals surface area (Å²) in [4.78, 5) is 25.4. The molecule has 0 aliphatic carbocycles. The Morgan fingerprint density at radius 2 is 1.43 bits per heavy atom. The maximum atomic E-state index is 12.9. The number of ether oxygens (including phenoxy) is 2. The van der Waals surface area contributed by atoms with Crippen molar-refractivity contribution in [1.29, 1.82) is 0 Å². The van der Waals surface area contributed by atoms with Crippen molar-refractivity contribution in [1.82, 2.24) is 0 Å². The average molecular weight is 374 g/mol. The van der Waals surface area contributed by atoms with Gasteiger partial charge in [-0.2, -0.15) is 0 Å². The lowest BCUT2D eigenvalue weighted by molar-refractivity contribution is -0.147. The molecule has 0 amide bonds. The standard InChI is InChI=1S/C24H22O4/c1-27-21-15-12-18(13-16-21)14-17-22(25)28-24(20-10-6-3-7-11-20)23(26)19-8-4-2-5-9-19/h2-13,15-16,24H,14,17H2,1H3/t24-/m0/s1. The molecule has 0 bridgehead atoms. The third-order valence-corrected chi connectivity index (χ3v) is 4.42. The molecule has 0 aromatic heterocycles. The number of carbonyl (C=O) groups is 2. The Kier molecular flexibility index (Phi) is 6.58. The van der Waals surface area contributed by atoms with E-state index in [0.29, 0.717) is 17.5 Å². The molecule has 3 rings (SSSR count). The summed E-state index contributed by atoms with van der Waals surface area (Å²) in [6.45, 7) is 0. The van der Waals surface area contributed by atoms with Gasteiger partial charge in [-0.15, -0.1) is 0 Å². The van der Waals surface area contributed by atoms with Crippen molar-refractivity contribution in [2.24, 2.45) is 0 Å². The first-order valence-electron chi connectivity index (χ1n) is 9.14. The monoisotopic (exact) mass is 374 g/mol. The molecule has 0 saturated carbocycles. The van der Waals surface area contributed by atoms with Crippen LogP contribution in [0, 0.1) is 0 Å². The molecule has 0 N–H and O–H groups in total. The second-order valence-electron chi connectivity index (χ2n) is 6.36. The van der Waals surface area contributed by atoms with E-state index >= 15 is 0 Å². The molecule has 142 valence electrons. The topological polar surface area (TPSA) is 52.6 Å². The number of Topliss-reactive ketones (excluding diaryl/α,β-unsaturated/α-hetero) is 1. The van der Waals surface area contributed by atoms with Crippen LogP contribution < -0.4 is 4.74 Å². The van der Waals surface area contributed by atoms with Crippen molar-refractivity contribution in [3.05, 3.63) is 102 Å². The van der Waals surface area contributed by atoms with Crippen LogP contribution >= 0.6 is 0 Å². The molecule has 0 aliphatic heterocycles. The minimum absolute atomic E-state index is 0.192. The average Bonchev–Trinajstić information content (AvgIpc) is 2.77. The normalized spacial score (nSPS) is 11.5. The van der Waals surface area contributed by atoms with E-state index in [0.717, 1.165) is 11.3 Å². The molecule has 0 heterocycles. The van der Waals surface area contributed by atoms with Crippen molar-refractivity contribution in [2.45, 2.75) is 18.9 Å². The van der Waals surface area contributed by atoms with E-state index in [2.05, 4.69) is 0 Å². The summed E-state index contributed by atoms with van der Waals surface area (Å²) in [5.41, 5.74) is 2.18. The van der Waals surface area contributed by atoms with Crippen LogP contribution in [0.3, 0.4) is 0 Å². The summed E-state index contributed by atoms with van der Waals surface area (Å²) in [5, 5.41) is 0. The molecule has 0 spiro atoms. The van der Waals surface area contributed by atoms with Crippen LogP contribution in [0.4, 0.5) is 0 Å². The highest BCUT2D eigenvalue weighted by molar-refractivity contribution is 6.00. The zero-order chi connectivity index (χ0) is 19.8. The molecule has 28 heavy (non-hydrogen) atoms. The van der Waals surface area contributed by atoms with E-state index in [1.54, 1.807) is 43.5 Å². The fraction of sp³-hybridized carbons (Fsp3) is 0.167. The second-order valence-corrected chi connectivity index (χ2v) is 6.36. The zero-order valence-electron chi connectivity index (χ0n) is 15.7. The summed E-state index contributed by atoms with van der Waals surface area (Å²) in [7, 11) is 1.61. The second kappa shape index (κ2) is 9.51. The first kappa shape index (κ1) is 19.4. The predicted molar refractivity (Wildman–Crippen MR) is 107 cm³/mol. The smallest absolute Gasteiger partial charge is 0.307 e. The summed E-state index contributed by atoms with van der Waals surface area (Å²) in [6, 6.07) is 25.5. The van der Waals surface area contributed by atoms with Crippen LogP contribution in [0.25, 0.3) is 0 Å². The van der Waals surface area contributed by atoms with Crippen LogP contribution in [-0.2, 0) is 16.0 Å². The molecule has 1 atom stereocenters. The predicted octanol–water partition coefficient (Wildman–Crippen LogP) is 4.80. The molecule has 0 fully saturated rings. The molecule has 3 aromatic carbocycles. The number of hydrogen-bond donors (Lipinski definition) is 0.